The highest BCUT2D eigenvalue weighted by Gasteiger charge is 2.13. The van der Waals surface area contributed by atoms with Crippen LogP contribution in [0, 0.1) is 6.92 Å². The molecular weight excluding hydrogens is 348 g/mol. The Morgan fingerprint density at radius 3 is 2.84 bits per heavy atom. The van der Waals surface area contributed by atoms with Crippen LogP contribution in [0.4, 0.5) is 0 Å². The van der Waals surface area contributed by atoms with Gasteiger partial charge in [0.2, 0.25) is 0 Å². The van der Waals surface area contributed by atoms with Gasteiger partial charge in [-0.25, -0.2) is 4.98 Å². The first kappa shape index (κ1) is 12.8. The summed E-state index contributed by atoms with van der Waals surface area (Å²) in [6, 6.07) is 9.05. The van der Waals surface area contributed by atoms with Gasteiger partial charge in [0, 0.05) is 0 Å². The number of fused-ring (bicyclic) bond motifs is 1. The molecule has 0 aliphatic heterocycles. The van der Waals surface area contributed by atoms with Crippen LogP contribution in [-0.2, 0) is 0 Å². The third-order valence-corrected chi connectivity index (χ3v) is 4.65. The fourth-order valence-electron chi connectivity index (χ4n) is 1.97. The fraction of sp³-hybridized carbons (Fsp3) is 0.0769. The van der Waals surface area contributed by atoms with Crippen LogP contribution in [0.1, 0.15) is 5.82 Å². The topological polar surface area (TPSA) is 34.9 Å². The lowest BCUT2D eigenvalue weighted by Crippen LogP contribution is -2.21. The summed E-state index contributed by atoms with van der Waals surface area (Å²) in [4.78, 5) is 17.8. The Morgan fingerprint density at radius 2 is 2.11 bits per heavy atom. The van der Waals surface area contributed by atoms with Crippen LogP contribution in [0.3, 0.4) is 0 Å². The standard InChI is InChI=1S/C13H8BrClN2OS/c1-7-16-12-8(6-11(14)19-12)13(18)17(7)10-5-3-2-4-9(10)15/h2-6H,1H3. The van der Waals surface area contributed by atoms with Crippen LogP contribution in [0.15, 0.2) is 38.9 Å². The van der Waals surface area contributed by atoms with E-state index in [9.17, 15) is 4.79 Å². The molecule has 0 radical (unpaired) electrons. The maximum atomic E-state index is 12.6. The van der Waals surface area contributed by atoms with Crippen molar-refractivity contribution in [3.05, 3.63) is 55.3 Å². The van der Waals surface area contributed by atoms with Crippen molar-refractivity contribution in [3.8, 4) is 5.69 Å². The van der Waals surface area contributed by atoms with Crippen molar-refractivity contribution in [2.45, 2.75) is 6.92 Å². The van der Waals surface area contributed by atoms with Gasteiger partial charge in [0.15, 0.2) is 0 Å². The largest absolute Gasteiger partial charge is 0.268 e. The van der Waals surface area contributed by atoms with Gasteiger partial charge in [-0.3, -0.25) is 9.36 Å². The second-order valence-corrected chi connectivity index (χ2v) is 6.84. The molecule has 0 spiro atoms. The van der Waals surface area contributed by atoms with Gasteiger partial charge in [-0.15, -0.1) is 11.3 Å². The van der Waals surface area contributed by atoms with Gasteiger partial charge in [-0.05, 0) is 41.1 Å². The lowest BCUT2D eigenvalue weighted by atomic mass is 10.3. The molecule has 3 aromatic rings. The van der Waals surface area contributed by atoms with E-state index in [1.807, 2.05) is 18.2 Å². The van der Waals surface area contributed by atoms with Crippen molar-refractivity contribution >= 4 is 49.1 Å². The summed E-state index contributed by atoms with van der Waals surface area (Å²) < 4.78 is 2.44. The van der Waals surface area contributed by atoms with E-state index in [1.165, 1.54) is 11.3 Å². The van der Waals surface area contributed by atoms with Crippen molar-refractivity contribution in [1.29, 1.82) is 0 Å². The molecule has 0 aliphatic carbocycles. The first-order valence-corrected chi connectivity index (χ1v) is 7.50. The molecular formula is C13H8BrClN2OS. The van der Waals surface area contributed by atoms with Crippen molar-refractivity contribution < 1.29 is 0 Å². The zero-order chi connectivity index (χ0) is 13.6. The van der Waals surface area contributed by atoms with E-state index in [1.54, 1.807) is 23.6 Å². The Hall–Kier alpha value is -1.17. The quantitative estimate of drug-likeness (QED) is 0.656. The number of halogens is 2. The molecule has 19 heavy (non-hydrogen) atoms. The Bertz CT molecular complexity index is 840. The molecule has 0 fully saturated rings. The molecule has 1 aromatic carbocycles. The molecule has 0 amide bonds. The van der Waals surface area contributed by atoms with Crippen LogP contribution in [0.5, 0.6) is 0 Å². The Labute approximate surface area is 126 Å². The minimum absolute atomic E-state index is 0.0995. The molecule has 3 nitrogen and oxygen atoms in total. The highest BCUT2D eigenvalue weighted by molar-refractivity contribution is 9.11. The second kappa shape index (κ2) is 4.74. The maximum absolute atomic E-state index is 12.6. The minimum Gasteiger partial charge on any atom is -0.268 e. The molecule has 2 aromatic heterocycles. The third-order valence-electron chi connectivity index (χ3n) is 2.80. The van der Waals surface area contributed by atoms with E-state index in [2.05, 4.69) is 20.9 Å². The van der Waals surface area contributed by atoms with Gasteiger partial charge in [-0.1, -0.05) is 23.7 Å². The average Bonchev–Trinajstić information content (AvgIpc) is 2.72. The normalized spacial score (nSPS) is 11.1. The van der Waals surface area contributed by atoms with Gasteiger partial charge in [0.1, 0.15) is 10.7 Å². The minimum atomic E-state index is -0.0995. The van der Waals surface area contributed by atoms with Crippen LogP contribution < -0.4 is 5.56 Å². The van der Waals surface area contributed by atoms with E-state index in [4.69, 9.17) is 11.6 Å². The Kier molecular flexibility index (Phi) is 3.20. The smallest absolute Gasteiger partial charge is 0.266 e. The van der Waals surface area contributed by atoms with Crippen molar-refractivity contribution in [3.63, 3.8) is 0 Å². The molecule has 0 bridgehead atoms. The van der Waals surface area contributed by atoms with Gasteiger partial charge in [0.05, 0.1) is 19.9 Å². The summed E-state index contributed by atoms with van der Waals surface area (Å²) in [5, 5.41) is 1.13. The zero-order valence-electron chi connectivity index (χ0n) is 9.85. The van der Waals surface area contributed by atoms with Crippen molar-refractivity contribution in [2.75, 3.05) is 0 Å². The molecule has 3 rings (SSSR count). The van der Waals surface area contributed by atoms with Crippen LogP contribution >= 0.6 is 38.9 Å². The number of benzene rings is 1. The monoisotopic (exact) mass is 354 g/mol. The first-order valence-electron chi connectivity index (χ1n) is 5.51. The molecule has 0 atom stereocenters. The molecule has 6 heteroatoms. The van der Waals surface area contributed by atoms with Gasteiger partial charge in [0.25, 0.3) is 5.56 Å². The van der Waals surface area contributed by atoms with Gasteiger partial charge < -0.3 is 0 Å². The number of aryl methyl sites for hydroxylation is 1. The predicted octanol–water partition coefficient (Wildman–Crippen LogP) is 4.17. The Balaban J connectivity index is 2.42. The molecule has 0 N–H and O–H groups in total. The molecule has 0 saturated heterocycles. The predicted molar refractivity (Wildman–Crippen MR) is 82.7 cm³/mol. The van der Waals surface area contributed by atoms with Gasteiger partial charge >= 0.3 is 0 Å². The van der Waals surface area contributed by atoms with E-state index in [0.29, 0.717) is 21.9 Å². The van der Waals surface area contributed by atoms with E-state index < -0.39 is 0 Å². The maximum Gasteiger partial charge on any atom is 0.266 e. The van der Waals surface area contributed by atoms with E-state index >= 15 is 0 Å². The lowest BCUT2D eigenvalue weighted by molar-refractivity contribution is 0.898. The van der Waals surface area contributed by atoms with E-state index in [0.717, 1.165) is 8.62 Å². The number of rotatable bonds is 1. The van der Waals surface area contributed by atoms with E-state index in [-0.39, 0.29) is 5.56 Å². The van der Waals surface area contributed by atoms with Crippen LogP contribution in [0.2, 0.25) is 5.02 Å². The third kappa shape index (κ3) is 2.12. The molecule has 96 valence electrons. The van der Waals surface area contributed by atoms with Gasteiger partial charge in [-0.2, -0.15) is 0 Å². The van der Waals surface area contributed by atoms with Crippen LogP contribution in [0.25, 0.3) is 15.9 Å². The summed E-state index contributed by atoms with van der Waals surface area (Å²) in [5.74, 6) is 0.625. The molecule has 2 heterocycles. The van der Waals surface area contributed by atoms with Crippen LogP contribution in [-0.4, -0.2) is 9.55 Å². The summed E-state index contributed by atoms with van der Waals surface area (Å²) in [7, 11) is 0. The second-order valence-electron chi connectivity index (χ2n) is 4.02. The number of aromatic nitrogens is 2. The number of thiophene rings is 1. The number of para-hydroxylation sites is 1. The highest BCUT2D eigenvalue weighted by atomic mass is 79.9. The number of hydrogen-bond acceptors (Lipinski definition) is 3. The van der Waals surface area contributed by atoms with Crippen molar-refractivity contribution in [1.82, 2.24) is 9.55 Å². The SMILES string of the molecule is Cc1nc2sc(Br)cc2c(=O)n1-c1ccccc1Cl. The Morgan fingerprint density at radius 1 is 1.37 bits per heavy atom. The first-order chi connectivity index (χ1) is 9.08. The number of nitrogens with zero attached hydrogens (tertiary/aromatic N) is 2. The summed E-state index contributed by atoms with van der Waals surface area (Å²) in [5.41, 5.74) is 0.556. The van der Waals surface area contributed by atoms with Crippen molar-refractivity contribution in [2.24, 2.45) is 0 Å². The molecule has 0 aliphatic rings. The molecule has 0 unspecified atom stereocenters. The highest BCUT2D eigenvalue weighted by Crippen LogP contribution is 2.27. The zero-order valence-corrected chi connectivity index (χ0v) is 13.0. The summed E-state index contributed by atoms with van der Waals surface area (Å²) >= 11 is 11.0. The molecule has 0 saturated carbocycles. The summed E-state index contributed by atoms with van der Waals surface area (Å²) in [6.45, 7) is 1.80. The fourth-order valence-corrected chi connectivity index (χ4v) is 3.67. The number of hydrogen-bond donors (Lipinski definition) is 0. The average molecular weight is 356 g/mol. The summed E-state index contributed by atoms with van der Waals surface area (Å²) in [6.07, 6.45) is 0. The lowest BCUT2D eigenvalue weighted by Gasteiger charge is -2.10.